The summed E-state index contributed by atoms with van der Waals surface area (Å²) in [5.74, 6) is 0.170. The fourth-order valence-corrected chi connectivity index (χ4v) is 3.83. The van der Waals surface area contributed by atoms with Crippen molar-refractivity contribution in [1.29, 1.82) is 0 Å². The monoisotopic (exact) mass is 301 g/mol. The van der Waals surface area contributed by atoms with Gasteiger partial charge in [-0.05, 0) is 56.5 Å². The van der Waals surface area contributed by atoms with Gasteiger partial charge in [0, 0.05) is 37.4 Å². The van der Waals surface area contributed by atoms with E-state index < -0.39 is 0 Å². The summed E-state index contributed by atoms with van der Waals surface area (Å²) in [6, 6.07) is 6.58. The van der Waals surface area contributed by atoms with Crippen LogP contribution in [0.5, 0.6) is 0 Å². The van der Waals surface area contributed by atoms with Gasteiger partial charge in [0.2, 0.25) is 0 Å². The fourth-order valence-electron chi connectivity index (χ4n) is 3.83. The van der Waals surface area contributed by atoms with Gasteiger partial charge in [0.1, 0.15) is 0 Å². The Bertz CT molecular complexity index is 543. The zero-order valence-corrected chi connectivity index (χ0v) is 13.8. The molecular formula is C18H27N3O. The quantitative estimate of drug-likeness (QED) is 0.928. The molecule has 2 heterocycles. The highest BCUT2D eigenvalue weighted by molar-refractivity contribution is 5.97. The molecule has 1 amide bonds. The molecule has 3 rings (SSSR count). The van der Waals surface area contributed by atoms with Crippen molar-refractivity contribution in [2.75, 3.05) is 38.5 Å². The Morgan fingerprint density at radius 1 is 1.41 bits per heavy atom. The molecule has 0 spiro atoms. The van der Waals surface area contributed by atoms with E-state index in [1.807, 2.05) is 24.1 Å². The molecule has 4 nitrogen and oxygen atoms in total. The van der Waals surface area contributed by atoms with Crippen LogP contribution in [-0.2, 0) is 6.42 Å². The molecule has 1 aromatic rings. The van der Waals surface area contributed by atoms with Crippen LogP contribution >= 0.6 is 0 Å². The van der Waals surface area contributed by atoms with Crippen LogP contribution in [0.2, 0.25) is 0 Å². The highest BCUT2D eigenvalue weighted by Crippen LogP contribution is 2.26. The normalized spacial score (nSPS) is 21.3. The number of fused-ring (bicyclic) bond motifs is 1. The van der Waals surface area contributed by atoms with Gasteiger partial charge in [0.05, 0.1) is 0 Å². The summed E-state index contributed by atoms with van der Waals surface area (Å²) < 4.78 is 0. The zero-order chi connectivity index (χ0) is 15.5. The third-order valence-corrected chi connectivity index (χ3v) is 5.06. The van der Waals surface area contributed by atoms with Crippen molar-refractivity contribution < 1.29 is 4.79 Å². The van der Waals surface area contributed by atoms with Crippen LogP contribution in [0, 0.1) is 0 Å². The Labute approximate surface area is 133 Å². The van der Waals surface area contributed by atoms with E-state index in [-0.39, 0.29) is 5.91 Å². The van der Waals surface area contributed by atoms with E-state index in [4.69, 9.17) is 0 Å². The Hall–Kier alpha value is -1.55. The molecule has 4 heteroatoms. The minimum Gasteiger partial charge on any atom is -0.385 e. The lowest BCUT2D eigenvalue weighted by Crippen LogP contribution is -2.41. The number of anilines is 1. The van der Waals surface area contributed by atoms with E-state index in [0.29, 0.717) is 6.04 Å². The van der Waals surface area contributed by atoms with E-state index in [0.717, 1.165) is 43.7 Å². The highest BCUT2D eigenvalue weighted by Gasteiger charge is 2.27. The number of nitrogens with one attached hydrogen (secondary N) is 1. The molecule has 0 aliphatic carbocycles. The van der Waals surface area contributed by atoms with Crippen LogP contribution in [0.3, 0.4) is 0 Å². The summed E-state index contributed by atoms with van der Waals surface area (Å²) in [7, 11) is 1.95. The number of likely N-dealkylation sites (tertiary alicyclic amines) is 1. The van der Waals surface area contributed by atoms with Gasteiger partial charge in [-0.3, -0.25) is 9.69 Å². The number of rotatable bonds is 4. The molecule has 1 aromatic carbocycles. The summed E-state index contributed by atoms with van der Waals surface area (Å²) in [6.45, 7) is 6.31. The standard InChI is InChI=1S/C18H27N3O/c1-3-21-12-6-7-14(21)13-20(2)18(22)16-8-4-10-17-15(16)9-5-11-19-17/h4,8,10,14,19H,3,5-7,9,11-13H2,1-2H3. The lowest BCUT2D eigenvalue weighted by molar-refractivity contribution is 0.0753. The molecular weight excluding hydrogens is 274 g/mol. The van der Waals surface area contributed by atoms with Crippen LogP contribution in [-0.4, -0.2) is 55.0 Å². The second kappa shape index (κ2) is 6.69. The first-order chi connectivity index (χ1) is 10.7. The number of hydrogen-bond acceptors (Lipinski definition) is 3. The molecule has 2 aliphatic rings. The Morgan fingerprint density at radius 3 is 3.09 bits per heavy atom. The average molecular weight is 301 g/mol. The fraction of sp³-hybridized carbons (Fsp3) is 0.611. The molecule has 0 bridgehead atoms. The second-order valence-electron chi connectivity index (χ2n) is 6.47. The summed E-state index contributed by atoms with van der Waals surface area (Å²) >= 11 is 0. The first-order valence-corrected chi connectivity index (χ1v) is 8.56. The minimum atomic E-state index is 0.170. The molecule has 1 saturated heterocycles. The molecule has 1 unspecified atom stereocenters. The minimum absolute atomic E-state index is 0.170. The van der Waals surface area contributed by atoms with Crippen molar-refractivity contribution in [3.8, 4) is 0 Å². The number of benzene rings is 1. The Morgan fingerprint density at radius 2 is 2.27 bits per heavy atom. The highest BCUT2D eigenvalue weighted by atomic mass is 16.2. The van der Waals surface area contributed by atoms with Crippen LogP contribution in [0.1, 0.15) is 42.1 Å². The summed E-state index contributed by atoms with van der Waals surface area (Å²) in [4.78, 5) is 17.3. The van der Waals surface area contributed by atoms with Crippen molar-refractivity contribution in [1.82, 2.24) is 9.80 Å². The first kappa shape index (κ1) is 15.3. The van der Waals surface area contributed by atoms with Crippen LogP contribution in [0.4, 0.5) is 5.69 Å². The van der Waals surface area contributed by atoms with E-state index in [1.165, 1.54) is 24.9 Å². The molecule has 0 radical (unpaired) electrons. The number of amides is 1. The topological polar surface area (TPSA) is 35.6 Å². The zero-order valence-electron chi connectivity index (χ0n) is 13.8. The van der Waals surface area contributed by atoms with E-state index in [9.17, 15) is 4.79 Å². The van der Waals surface area contributed by atoms with Gasteiger partial charge >= 0.3 is 0 Å². The number of nitrogens with zero attached hydrogens (tertiary/aromatic N) is 2. The van der Waals surface area contributed by atoms with Crippen molar-refractivity contribution in [2.45, 2.75) is 38.6 Å². The van der Waals surface area contributed by atoms with Gasteiger partial charge in [-0.2, -0.15) is 0 Å². The molecule has 120 valence electrons. The summed E-state index contributed by atoms with van der Waals surface area (Å²) in [5, 5.41) is 3.41. The second-order valence-corrected chi connectivity index (χ2v) is 6.47. The Balaban J connectivity index is 1.73. The van der Waals surface area contributed by atoms with Gasteiger partial charge in [0.25, 0.3) is 5.91 Å². The number of carbonyl (C=O) groups excluding carboxylic acids is 1. The van der Waals surface area contributed by atoms with E-state index in [2.05, 4.69) is 23.2 Å². The van der Waals surface area contributed by atoms with Gasteiger partial charge in [0.15, 0.2) is 0 Å². The maximum absolute atomic E-state index is 12.9. The van der Waals surface area contributed by atoms with Crippen LogP contribution in [0.25, 0.3) is 0 Å². The van der Waals surface area contributed by atoms with Crippen LogP contribution in [0.15, 0.2) is 18.2 Å². The van der Waals surface area contributed by atoms with Crippen molar-refractivity contribution in [2.24, 2.45) is 0 Å². The number of hydrogen-bond donors (Lipinski definition) is 1. The summed E-state index contributed by atoms with van der Waals surface area (Å²) in [5.41, 5.74) is 3.22. The predicted octanol–water partition coefficient (Wildman–Crippen LogP) is 2.60. The molecule has 2 aliphatic heterocycles. The van der Waals surface area contributed by atoms with E-state index in [1.54, 1.807) is 0 Å². The summed E-state index contributed by atoms with van der Waals surface area (Å²) in [6.07, 6.45) is 4.57. The van der Waals surface area contributed by atoms with Gasteiger partial charge in [-0.15, -0.1) is 0 Å². The molecule has 0 aromatic heterocycles. The average Bonchev–Trinajstić information content (AvgIpc) is 3.00. The smallest absolute Gasteiger partial charge is 0.254 e. The SMILES string of the molecule is CCN1CCCC1CN(C)C(=O)c1cccc2c1CCCN2. The van der Waals surface area contributed by atoms with Crippen molar-refractivity contribution >= 4 is 11.6 Å². The van der Waals surface area contributed by atoms with Crippen LogP contribution < -0.4 is 5.32 Å². The van der Waals surface area contributed by atoms with Crippen molar-refractivity contribution in [3.63, 3.8) is 0 Å². The lowest BCUT2D eigenvalue weighted by Gasteiger charge is -2.29. The maximum atomic E-state index is 12.9. The third-order valence-electron chi connectivity index (χ3n) is 5.06. The predicted molar refractivity (Wildman–Crippen MR) is 90.5 cm³/mol. The molecule has 1 N–H and O–H groups in total. The lowest BCUT2D eigenvalue weighted by atomic mass is 9.97. The molecule has 1 fully saturated rings. The molecule has 1 atom stereocenters. The first-order valence-electron chi connectivity index (χ1n) is 8.56. The Kier molecular flexibility index (Phi) is 4.67. The van der Waals surface area contributed by atoms with Gasteiger partial charge in [-0.25, -0.2) is 0 Å². The van der Waals surface area contributed by atoms with Crippen molar-refractivity contribution in [3.05, 3.63) is 29.3 Å². The number of carbonyl (C=O) groups is 1. The van der Waals surface area contributed by atoms with Gasteiger partial charge < -0.3 is 10.2 Å². The van der Waals surface area contributed by atoms with E-state index >= 15 is 0 Å². The number of likely N-dealkylation sites (N-methyl/N-ethyl adjacent to an activating group) is 2. The van der Waals surface area contributed by atoms with Gasteiger partial charge in [-0.1, -0.05) is 13.0 Å². The maximum Gasteiger partial charge on any atom is 0.254 e. The molecule has 22 heavy (non-hydrogen) atoms. The molecule has 0 saturated carbocycles. The third kappa shape index (κ3) is 2.98. The largest absolute Gasteiger partial charge is 0.385 e.